The van der Waals surface area contributed by atoms with Crippen molar-refractivity contribution in [1.29, 1.82) is 0 Å². The summed E-state index contributed by atoms with van der Waals surface area (Å²) < 4.78 is 32.5. The van der Waals surface area contributed by atoms with E-state index < -0.39 is 5.82 Å². The number of carbonyl (C=O) groups excluding carboxylic acids is 1. The van der Waals surface area contributed by atoms with Gasteiger partial charge >= 0.3 is 6.03 Å². The fourth-order valence-electron chi connectivity index (χ4n) is 4.67. The fourth-order valence-corrected chi connectivity index (χ4v) is 4.67. The van der Waals surface area contributed by atoms with Gasteiger partial charge in [-0.3, -0.25) is 9.88 Å². The molecule has 1 aromatic heterocycles. The Bertz CT molecular complexity index is 1320. The lowest BCUT2D eigenvalue weighted by molar-refractivity contribution is 0.118. The Morgan fingerprint density at radius 1 is 1.10 bits per heavy atom. The number of aliphatic hydroxyl groups is 1. The van der Waals surface area contributed by atoms with Crippen LogP contribution >= 0.6 is 0 Å². The van der Waals surface area contributed by atoms with Gasteiger partial charge in [-0.1, -0.05) is 20.8 Å². The first-order chi connectivity index (χ1) is 19.6. The van der Waals surface area contributed by atoms with Crippen LogP contribution < -0.4 is 24.8 Å². The zero-order valence-electron chi connectivity index (χ0n) is 24.3. The van der Waals surface area contributed by atoms with Crippen molar-refractivity contribution in [1.82, 2.24) is 15.2 Å². The van der Waals surface area contributed by atoms with E-state index in [-0.39, 0.29) is 23.8 Å². The molecule has 0 atom stereocenters. The molecule has 2 aromatic carbocycles. The molecule has 1 fully saturated rings. The molecule has 9 nitrogen and oxygen atoms in total. The molecular formula is C31H41FN4O5. The molecular weight excluding hydrogens is 527 g/mol. The highest BCUT2D eigenvalue weighted by molar-refractivity contribution is 5.90. The van der Waals surface area contributed by atoms with Crippen LogP contribution in [0.3, 0.4) is 0 Å². The Kier molecular flexibility index (Phi) is 10.2. The summed E-state index contributed by atoms with van der Waals surface area (Å²) in [5.74, 6) is 1.29. The number of carbonyl (C=O) groups is 1. The number of hydrogen-bond donors (Lipinski definition) is 3. The van der Waals surface area contributed by atoms with Gasteiger partial charge in [-0.2, -0.15) is 0 Å². The van der Waals surface area contributed by atoms with Gasteiger partial charge in [0, 0.05) is 49.1 Å². The highest BCUT2D eigenvalue weighted by Crippen LogP contribution is 2.38. The number of halogens is 1. The lowest BCUT2D eigenvalue weighted by Gasteiger charge is -2.30. The van der Waals surface area contributed by atoms with Crippen molar-refractivity contribution >= 4 is 22.6 Å². The first-order valence-corrected chi connectivity index (χ1v) is 14.1. The average Bonchev–Trinajstić information content (AvgIpc) is 2.94. The maximum Gasteiger partial charge on any atom is 0.319 e. The predicted octanol–water partition coefficient (Wildman–Crippen LogP) is 5.82. The molecule has 4 rings (SSSR count). The third-order valence-corrected chi connectivity index (χ3v) is 7.19. The van der Waals surface area contributed by atoms with Crippen LogP contribution in [0.5, 0.6) is 23.0 Å². The van der Waals surface area contributed by atoms with Crippen molar-refractivity contribution in [3.8, 4) is 23.0 Å². The monoisotopic (exact) mass is 568 g/mol. The standard InChI is InChI=1S/C31H41FN4O5/c1-31(2,3)10-12-34-30(38)35-22-5-6-27(24(32)17-22)41-26-7-11-33-25-19-29(28(39-4)18-23(25)26)40-16-15-36-13-8-21(20-37)9-14-36/h5-7,11,17-19,21,37H,8-10,12-16,20H2,1-4H3,(H2,34,35,38). The molecule has 2 amide bonds. The lowest BCUT2D eigenvalue weighted by Crippen LogP contribution is -2.37. The first kappa shape index (κ1) is 30.3. The molecule has 0 radical (unpaired) electrons. The van der Waals surface area contributed by atoms with Crippen LogP contribution in [0.25, 0.3) is 10.9 Å². The van der Waals surface area contributed by atoms with Crippen LogP contribution in [0.4, 0.5) is 14.9 Å². The van der Waals surface area contributed by atoms with E-state index in [4.69, 9.17) is 14.2 Å². The summed E-state index contributed by atoms with van der Waals surface area (Å²) in [6.45, 7) is 10.2. The molecule has 222 valence electrons. The van der Waals surface area contributed by atoms with Crippen LogP contribution in [0, 0.1) is 17.2 Å². The summed E-state index contributed by atoms with van der Waals surface area (Å²) in [7, 11) is 1.56. The molecule has 2 heterocycles. The third kappa shape index (κ3) is 8.68. The Morgan fingerprint density at radius 3 is 2.56 bits per heavy atom. The van der Waals surface area contributed by atoms with Crippen molar-refractivity contribution < 1.29 is 28.5 Å². The second-order valence-electron chi connectivity index (χ2n) is 11.6. The molecule has 1 aliphatic heterocycles. The number of ether oxygens (including phenoxy) is 3. The fraction of sp³-hybridized carbons (Fsp3) is 0.484. The normalized spacial score (nSPS) is 14.6. The van der Waals surface area contributed by atoms with Crippen molar-refractivity contribution in [2.24, 2.45) is 11.3 Å². The number of nitrogens with one attached hydrogen (secondary N) is 2. The number of methoxy groups -OCH3 is 1. The number of aliphatic hydroxyl groups excluding tert-OH is 1. The minimum atomic E-state index is -0.614. The summed E-state index contributed by atoms with van der Waals surface area (Å²) in [6, 6.07) is 9.12. The van der Waals surface area contributed by atoms with E-state index in [9.17, 15) is 14.3 Å². The van der Waals surface area contributed by atoms with Crippen LogP contribution in [0.1, 0.15) is 40.0 Å². The predicted molar refractivity (Wildman–Crippen MR) is 158 cm³/mol. The molecule has 3 aromatic rings. The largest absolute Gasteiger partial charge is 0.493 e. The molecule has 41 heavy (non-hydrogen) atoms. The molecule has 1 aliphatic rings. The molecule has 0 spiro atoms. The number of nitrogens with zero attached hydrogens (tertiary/aromatic N) is 2. The number of likely N-dealkylation sites (tertiary alicyclic amines) is 1. The SMILES string of the molecule is COc1cc2c(Oc3ccc(NC(=O)NCCC(C)(C)C)cc3F)ccnc2cc1OCCN1CCC(CO)CC1. The molecule has 10 heteroatoms. The molecule has 0 unspecified atom stereocenters. The number of benzene rings is 2. The van der Waals surface area contributed by atoms with E-state index in [1.807, 2.05) is 0 Å². The maximum atomic E-state index is 15.0. The topological polar surface area (TPSA) is 105 Å². The number of urea groups is 1. The number of anilines is 1. The highest BCUT2D eigenvalue weighted by Gasteiger charge is 2.19. The Labute approximate surface area is 241 Å². The molecule has 0 bridgehead atoms. The number of pyridine rings is 1. The smallest absolute Gasteiger partial charge is 0.319 e. The summed E-state index contributed by atoms with van der Waals surface area (Å²) in [4.78, 5) is 19.0. The molecule has 3 N–H and O–H groups in total. The molecule has 0 aliphatic carbocycles. The van der Waals surface area contributed by atoms with Gasteiger partial charge in [-0.05, 0) is 68.0 Å². The number of piperidine rings is 1. The zero-order valence-corrected chi connectivity index (χ0v) is 24.3. The minimum Gasteiger partial charge on any atom is -0.493 e. The number of rotatable bonds is 11. The second kappa shape index (κ2) is 13.8. The van der Waals surface area contributed by atoms with Crippen LogP contribution in [0.15, 0.2) is 42.6 Å². The van der Waals surface area contributed by atoms with Crippen molar-refractivity contribution in [3.05, 3.63) is 48.4 Å². The third-order valence-electron chi connectivity index (χ3n) is 7.19. The van der Waals surface area contributed by atoms with Gasteiger partial charge in [0.2, 0.25) is 0 Å². The minimum absolute atomic E-state index is 0.0143. The molecule has 0 saturated carbocycles. The van der Waals surface area contributed by atoms with Crippen molar-refractivity contribution in [2.75, 3.05) is 51.8 Å². The van der Waals surface area contributed by atoms with E-state index in [1.165, 1.54) is 12.1 Å². The van der Waals surface area contributed by atoms with Gasteiger partial charge in [0.05, 0.1) is 12.6 Å². The van der Waals surface area contributed by atoms with Crippen LogP contribution in [0.2, 0.25) is 0 Å². The van der Waals surface area contributed by atoms with Gasteiger partial charge in [-0.15, -0.1) is 0 Å². The Morgan fingerprint density at radius 2 is 1.88 bits per heavy atom. The highest BCUT2D eigenvalue weighted by atomic mass is 19.1. The summed E-state index contributed by atoms with van der Waals surface area (Å²) >= 11 is 0. The lowest BCUT2D eigenvalue weighted by atomic mass is 9.92. The summed E-state index contributed by atoms with van der Waals surface area (Å²) in [6.07, 6.45) is 4.41. The summed E-state index contributed by atoms with van der Waals surface area (Å²) in [5.41, 5.74) is 1.05. The summed E-state index contributed by atoms with van der Waals surface area (Å²) in [5, 5.41) is 15.4. The number of amides is 2. The van der Waals surface area contributed by atoms with E-state index in [1.54, 1.807) is 37.6 Å². The first-order valence-electron chi connectivity index (χ1n) is 14.1. The number of fused-ring (bicyclic) bond motifs is 1. The Hall–Kier alpha value is -3.63. The second-order valence-corrected chi connectivity index (χ2v) is 11.6. The van der Waals surface area contributed by atoms with Gasteiger partial charge in [0.1, 0.15) is 12.4 Å². The van der Waals surface area contributed by atoms with Crippen LogP contribution in [-0.2, 0) is 0 Å². The zero-order chi connectivity index (χ0) is 29.4. The maximum absolute atomic E-state index is 15.0. The average molecular weight is 569 g/mol. The van der Waals surface area contributed by atoms with E-state index in [2.05, 4.69) is 41.3 Å². The van der Waals surface area contributed by atoms with Crippen LogP contribution in [-0.4, -0.2) is 67.5 Å². The quantitative estimate of drug-likeness (QED) is 0.268. The van der Waals surface area contributed by atoms with E-state index in [0.717, 1.165) is 38.9 Å². The van der Waals surface area contributed by atoms with Gasteiger partial charge < -0.3 is 30.0 Å². The number of hydrogen-bond acceptors (Lipinski definition) is 7. The van der Waals surface area contributed by atoms with Gasteiger partial charge in [0.15, 0.2) is 23.1 Å². The van der Waals surface area contributed by atoms with E-state index >= 15 is 0 Å². The molecule has 1 saturated heterocycles. The number of aromatic nitrogens is 1. The Balaban J connectivity index is 1.40. The van der Waals surface area contributed by atoms with Crippen molar-refractivity contribution in [3.63, 3.8) is 0 Å². The van der Waals surface area contributed by atoms with Gasteiger partial charge in [0.25, 0.3) is 0 Å². The van der Waals surface area contributed by atoms with Gasteiger partial charge in [-0.25, -0.2) is 9.18 Å². The van der Waals surface area contributed by atoms with Crippen molar-refractivity contribution in [2.45, 2.75) is 40.0 Å². The van der Waals surface area contributed by atoms with E-state index in [0.29, 0.717) is 52.9 Å².